The van der Waals surface area contributed by atoms with E-state index in [-0.39, 0.29) is 5.91 Å². The number of nitrogens with one attached hydrogen (secondary N) is 1. The van der Waals surface area contributed by atoms with Crippen LogP contribution in [0.2, 0.25) is 0 Å². The Bertz CT molecular complexity index is 919. The number of para-hydroxylation sites is 1. The van der Waals surface area contributed by atoms with Gasteiger partial charge in [-0.2, -0.15) is 0 Å². The third-order valence-electron chi connectivity index (χ3n) is 4.17. The highest BCUT2D eigenvalue weighted by Gasteiger charge is 2.29. The SMILES string of the molecule is NC(=O)CCc1nnc(SCc2csc(Nc3ccccc3)n2)n1C1CC1. The third kappa shape index (κ3) is 4.67. The van der Waals surface area contributed by atoms with Gasteiger partial charge in [0.2, 0.25) is 5.91 Å². The molecule has 2 heterocycles. The third-order valence-corrected chi connectivity index (χ3v) is 5.95. The summed E-state index contributed by atoms with van der Waals surface area (Å²) >= 11 is 3.22. The van der Waals surface area contributed by atoms with Gasteiger partial charge in [0, 0.05) is 35.7 Å². The number of thioether (sulfide) groups is 1. The van der Waals surface area contributed by atoms with Gasteiger partial charge in [0.1, 0.15) is 5.82 Å². The van der Waals surface area contributed by atoms with Crippen molar-refractivity contribution in [2.24, 2.45) is 5.73 Å². The van der Waals surface area contributed by atoms with Gasteiger partial charge in [0.05, 0.1) is 5.69 Å². The number of primary amides is 1. The summed E-state index contributed by atoms with van der Waals surface area (Å²) in [5.41, 5.74) is 7.30. The van der Waals surface area contributed by atoms with Crippen LogP contribution in [0.4, 0.5) is 10.8 Å². The van der Waals surface area contributed by atoms with Crippen molar-refractivity contribution in [2.45, 2.75) is 42.6 Å². The van der Waals surface area contributed by atoms with Crippen molar-refractivity contribution in [3.05, 3.63) is 47.2 Å². The zero-order chi connectivity index (χ0) is 18.6. The van der Waals surface area contributed by atoms with Crippen molar-refractivity contribution in [3.63, 3.8) is 0 Å². The molecule has 4 rings (SSSR count). The van der Waals surface area contributed by atoms with Crippen LogP contribution >= 0.6 is 23.1 Å². The molecule has 0 atom stereocenters. The van der Waals surface area contributed by atoms with Crippen LogP contribution in [0.15, 0.2) is 40.9 Å². The van der Waals surface area contributed by atoms with E-state index in [0.29, 0.717) is 18.9 Å². The molecule has 27 heavy (non-hydrogen) atoms. The van der Waals surface area contributed by atoms with Crippen LogP contribution in [0.25, 0.3) is 0 Å². The number of carbonyl (C=O) groups is 1. The summed E-state index contributed by atoms with van der Waals surface area (Å²) in [6, 6.07) is 10.5. The smallest absolute Gasteiger partial charge is 0.217 e. The number of amides is 1. The summed E-state index contributed by atoms with van der Waals surface area (Å²) in [5, 5.41) is 15.7. The molecule has 1 aromatic carbocycles. The molecule has 0 radical (unpaired) electrons. The fourth-order valence-electron chi connectivity index (χ4n) is 2.72. The van der Waals surface area contributed by atoms with Crippen molar-refractivity contribution in [3.8, 4) is 0 Å². The van der Waals surface area contributed by atoms with E-state index in [1.165, 1.54) is 0 Å². The number of benzene rings is 1. The monoisotopic (exact) mass is 400 g/mol. The second-order valence-electron chi connectivity index (χ2n) is 6.39. The van der Waals surface area contributed by atoms with E-state index < -0.39 is 0 Å². The molecule has 140 valence electrons. The van der Waals surface area contributed by atoms with Crippen molar-refractivity contribution in [1.29, 1.82) is 0 Å². The summed E-state index contributed by atoms with van der Waals surface area (Å²) in [4.78, 5) is 15.7. The molecule has 1 saturated carbocycles. The van der Waals surface area contributed by atoms with E-state index in [0.717, 1.165) is 46.1 Å². The lowest BCUT2D eigenvalue weighted by Gasteiger charge is -2.07. The fraction of sp³-hybridized carbons (Fsp3) is 0.333. The molecule has 1 fully saturated rings. The Hall–Kier alpha value is -2.39. The summed E-state index contributed by atoms with van der Waals surface area (Å²) in [6.45, 7) is 0. The van der Waals surface area contributed by atoms with Gasteiger partial charge >= 0.3 is 0 Å². The topological polar surface area (TPSA) is 98.7 Å². The van der Waals surface area contributed by atoms with Crippen LogP contribution in [0, 0.1) is 0 Å². The Morgan fingerprint density at radius 3 is 2.85 bits per heavy atom. The van der Waals surface area contributed by atoms with Crippen LogP contribution in [0.1, 0.15) is 36.8 Å². The summed E-state index contributed by atoms with van der Waals surface area (Å²) in [7, 11) is 0. The van der Waals surface area contributed by atoms with Crippen LogP contribution < -0.4 is 11.1 Å². The molecule has 0 spiro atoms. The van der Waals surface area contributed by atoms with Crippen LogP contribution in [0.5, 0.6) is 0 Å². The first-order chi connectivity index (χ1) is 13.2. The molecule has 7 nitrogen and oxygen atoms in total. The van der Waals surface area contributed by atoms with Gasteiger partial charge in [0.15, 0.2) is 10.3 Å². The van der Waals surface area contributed by atoms with E-state index in [2.05, 4.69) is 30.4 Å². The molecule has 0 bridgehead atoms. The molecular formula is C18H20N6OS2. The van der Waals surface area contributed by atoms with E-state index in [4.69, 9.17) is 5.73 Å². The molecule has 1 aliphatic rings. The van der Waals surface area contributed by atoms with Crippen molar-refractivity contribution in [2.75, 3.05) is 5.32 Å². The maximum absolute atomic E-state index is 11.1. The first-order valence-electron chi connectivity index (χ1n) is 8.80. The molecular weight excluding hydrogens is 380 g/mol. The Morgan fingerprint density at radius 1 is 1.30 bits per heavy atom. The average Bonchev–Trinajstić information content (AvgIpc) is 3.27. The fourth-order valence-corrected chi connectivity index (χ4v) is 4.48. The molecule has 0 aliphatic heterocycles. The number of hydrogen-bond acceptors (Lipinski definition) is 7. The Labute approximate surface area is 165 Å². The number of nitrogens with zero attached hydrogens (tertiary/aromatic N) is 4. The van der Waals surface area contributed by atoms with Gasteiger partial charge in [-0.3, -0.25) is 4.79 Å². The summed E-state index contributed by atoms with van der Waals surface area (Å²) < 4.78 is 2.17. The molecule has 3 N–H and O–H groups in total. The average molecular weight is 401 g/mol. The number of aryl methyl sites for hydroxylation is 1. The predicted octanol–water partition coefficient (Wildman–Crippen LogP) is 3.52. The van der Waals surface area contributed by atoms with E-state index in [9.17, 15) is 4.79 Å². The highest BCUT2D eigenvalue weighted by atomic mass is 32.2. The number of nitrogens with two attached hydrogens (primary N) is 1. The molecule has 0 unspecified atom stereocenters. The zero-order valence-electron chi connectivity index (χ0n) is 14.7. The molecule has 0 saturated heterocycles. The Kier molecular flexibility index (Phi) is 5.40. The van der Waals surface area contributed by atoms with Gasteiger partial charge < -0.3 is 15.6 Å². The number of carbonyl (C=O) groups excluding carboxylic acids is 1. The number of thiazole rings is 1. The predicted molar refractivity (Wildman–Crippen MR) is 107 cm³/mol. The summed E-state index contributed by atoms with van der Waals surface area (Å²) in [6.07, 6.45) is 3.12. The second-order valence-corrected chi connectivity index (χ2v) is 8.19. The lowest BCUT2D eigenvalue weighted by atomic mass is 10.3. The first kappa shape index (κ1) is 18.0. The van der Waals surface area contributed by atoms with Crippen molar-refractivity contribution in [1.82, 2.24) is 19.7 Å². The van der Waals surface area contributed by atoms with E-state index in [1.807, 2.05) is 30.3 Å². The van der Waals surface area contributed by atoms with Gasteiger partial charge in [-0.15, -0.1) is 21.5 Å². The quantitative estimate of drug-likeness (QED) is 0.533. The maximum atomic E-state index is 11.1. The Balaban J connectivity index is 1.39. The number of anilines is 2. The number of rotatable bonds is 9. The molecule has 1 aliphatic carbocycles. The van der Waals surface area contributed by atoms with Crippen LogP contribution in [0.3, 0.4) is 0 Å². The number of hydrogen-bond donors (Lipinski definition) is 2. The highest BCUT2D eigenvalue weighted by molar-refractivity contribution is 7.98. The van der Waals surface area contributed by atoms with Crippen LogP contribution in [-0.4, -0.2) is 25.7 Å². The lowest BCUT2D eigenvalue weighted by molar-refractivity contribution is -0.118. The van der Waals surface area contributed by atoms with Crippen molar-refractivity contribution >= 4 is 39.8 Å². The molecule has 9 heteroatoms. The number of aromatic nitrogens is 4. The minimum absolute atomic E-state index is 0.302. The molecule has 3 aromatic rings. The second kappa shape index (κ2) is 8.10. The van der Waals surface area contributed by atoms with Gasteiger partial charge in [-0.25, -0.2) is 4.98 Å². The minimum atomic E-state index is -0.310. The van der Waals surface area contributed by atoms with E-state index in [1.54, 1.807) is 23.1 Å². The normalized spacial score (nSPS) is 13.6. The van der Waals surface area contributed by atoms with Gasteiger partial charge in [-0.1, -0.05) is 30.0 Å². The van der Waals surface area contributed by atoms with Gasteiger partial charge in [-0.05, 0) is 25.0 Å². The van der Waals surface area contributed by atoms with Crippen molar-refractivity contribution < 1.29 is 4.79 Å². The molecule has 1 amide bonds. The standard InChI is InChI=1S/C18H20N6OS2/c19-15(25)8-9-16-22-23-18(24(16)14-6-7-14)27-11-13-10-26-17(21-13)20-12-4-2-1-3-5-12/h1-5,10,14H,6-9,11H2,(H2,19,25)(H,20,21). The maximum Gasteiger partial charge on any atom is 0.217 e. The minimum Gasteiger partial charge on any atom is -0.370 e. The lowest BCUT2D eigenvalue weighted by Crippen LogP contribution is -2.13. The zero-order valence-corrected chi connectivity index (χ0v) is 16.3. The summed E-state index contributed by atoms with van der Waals surface area (Å²) in [5.74, 6) is 1.27. The van der Waals surface area contributed by atoms with Crippen LogP contribution in [-0.2, 0) is 17.0 Å². The Morgan fingerprint density at radius 2 is 2.11 bits per heavy atom. The largest absolute Gasteiger partial charge is 0.370 e. The molecule has 2 aromatic heterocycles. The van der Waals surface area contributed by atoms with E-state index >= 15 is 0 Å². The highest BCUT2D eigenvalue weighted by Crippen LogP contribution is 2.39. The van der Waals surface area contributed by atoms with Gasteiger partial charge in [0.25, 0.3) is 0 Å². The first-order valence-corrected chi connectivity index (χ1v) is 10.7.